The summed E-state index contributed by atoms with van der Waals surface area (Å²) in [6.07, 6.45) is 6.89. The Morgan fingerprint density at radius 2 is 1.93 bits per heavy atom. The van der Waals surface area contributed by atoms with E-state index in [0.29, 0.717) is 0 Å². The van der Waals surface area contributed by atoms with Gasteiger partial charge in [0.25, 0.3) is 0 Å². The number of ether oxygens (including phenoxy) is 1. The lowest BCUT2D eigenvalue weighted by Crippen LogP contribution is -2.40. The summed E-state index contributed by atoms with van der Waals surface area (Å²) in [5.41, 5.74) is 0. The Morgan fingerprint density at radius 3 is 2.53 bits per heavy atom. The third kappa shape index (κ3) is 5.19. The molecule has 1 fully saturated rings. The fraction of sp³-hybridized carbons (Fsp3) is 1.00. The Kier molecular flexibility index (Phi) is 7.41. The molecule has 90 valence electrons. The first kappa shape index (κ1) is 13.3. The van der Waals surface area contributed by atoms with Gasteiger partial charge in [0, 0.05) is 31.6 Å². The molecule has 0 saturated heterocycles. The molecule has 2 nitrogen and oxygen atoms in total. The van der Waals surface area contributed by atoms with Crippen LogP contribution in [-0.4, -0.2) is 43.1 Å². The van der Waals surface area contributed by atoms with E-state index in [9.17, 15) is 0 Å². The summed E-state index contributed by atoms with van der Waals surface area (Å²) in [4.78, 5) is 2.52. The summed E-state index contributed by atoms with van der Waals surface area (Å²) in [5, 5.41) is 0. The van der Waals surface area contributed by atoms with Crippen molar-refractivity contribution in [1.82, 2.24) is 4.90 Å². The first-order valence-corrected chi connectivity index (χ1v) is 6.79. The fourth-order valence-electron chi connectivity index (χ4n) is 2.36. The minimum atomic E-state index is 0.739. The van der Waals surface area contributed by atoms with E-state index >= 15 is 0 Å². The Bertz CT molecular complexity index is 149. The molecule has 3 heteroatoms. The average molecular weight is 234 g/mol. The molecule has 0 amide bonds. The molecule has 0 aromatic heterocycles. The van der Waals surface area contributed by atoms with Crippen molar-refractivity contribution in [3.8, 4) is 0 Å². The fourth-order valence-corrected chi connectivity index (χ4v) is 2.57. The zero-order chi connectivity index (χ0) is 10.9. The van der Waals surface area contributed by atoms with Gasteiger partial charge in [-0.15, -0.1) is 11.6 Å². The summed E-state index contributed by atoms with van der Waals surface area (Å²) < 4.78 is 5.42. The normalized spacial score (nSPS) is 18.6. The highest BCUT2D eigenvalue weighted by Gasteiger charge is 2.19. The second-order valence-corrected chi connectivity index (χ2v) is 4.59. The van der Waals surface area contributed by atoms with Gasteiger partial charge in [-0.2, -0.15) is 0 Å². The number of rotatable bonds is 7. The number of hydrogen-bond acceptors (Lipinski definition) is 2. The van der Waals surface area contributed by atoms with E-state index in [0.717, 1.165) is 38.2 Å². The predicted molar refractivity (Wildman–Crippen MR) is 65.7 cm³/mol. The first-order chi connectivity index (χ1) is 7.38. The minimum absolute atomic E-state index is 0.739. The molecule has 0 heterocycles. The SMILES string of the molecule is CCOCCN(CCCl)C1CCCCC1. The van der Waals surface area contributed by atoms with E-state index < -0.39 is 0 Å². The van der Waals surface area contributed by atoms with Crippen LogP contribution in [0.25, 0.3) is 0 Å². The maximum Gasteiger partial charge on any atom is 0.0593 e. The zero-order valence-electron chi connectivity index (χ0n) is 9.88. The molecular weight excluding hydrogens is 210 g/mol. The largest absolute Gasteiger partial charge is 0.380 e. The molecule has 1 aliphatic rings. The lowest BCUT2D eigenvalue weighted by atomic mass is 9.94. The number of nitrogens with zero attached hydrogens (tertiary/aromatic N) is 1. The van der Waals surface area contributed by atoms with Crippen LogP contribution in [0.5, 0.6) is 0 Å². The van der Waals surface area contributed by atoms with E-state index in [-0.39, 0.29) is 0 Å². The highest BCUT2D eigenvalue weighted by molar-refractivity contribution is 6.18. The molecule has 1 rings (SSSR count). The smallest absolute Gasteiger partial charge is 0.0593 e. The summed E-state index contributed by atoms with van der Waals surface area (Å²) >= 11 is 5.85. The Balaban J connectivity index is 2.26. The van der Waals surface area contributed by atoms with Gasteiger partial charge in [-0.3, -0.25) is 4.90 Å². The van der Waals surface area contributed by atoms with Crippen LogP contribution in [0.3, 0.4) is 0 Å². The molecule has 1 aliphatic carbocycles. The van der Waals surface area contributed by atoms with Crippen LogP contribution in [0.1, 0.15) is 39.0 Å². The third-order valence-corrected chi connectivity index (χ3v) is 3.36. The monoisotopic (exact) mass is 233 g/mol. The molecule has 0 unspecified atom stereocenters. The van der Waals surface area contributed by atoms with Gasteiger partial charge in [0.1, 0.15) is 0 Å². The second kappa shape index (κ2) is 8.37. The molecule has 0 aromatic carbocycles. The lowest BCUT2D eigenvalue weighted by Gasteiger charge is -2.33. The maximum absolute atomic E-state index is 5.85. The number of hydrogen-bond donors (Lipinski definition) is 0. The highest BCUT2D eigenvalue weighted by Crippen LogP contribution is 2.22. The Labute approximate surface area is 98.9 Å². The summed E-state index contributed by atoms with van der Waals surface area (Å²) in [6.45, 7) is 5.78. The molecule has 0 radical (unpaired) electrons. The van der Waals surface area contributed by atoms with Crippen molar-refractivity contribution in [3.05, 3.63) is 0 Å². The van der Waals surface area contributed by atoms with Gasteiger partial charge in [-0.05, 0) is 19.8 Å². The third-order valence-electron chi connectivity index (χ3n) is 3.19. The summed E-state index contributed by atoms with van der Waals surface area (Å²) in [5.74, 6) is 0.739. The van der Waals surface area contributed by atoms with Crippen molar-refractivity contribution < 1.29 is 4.74 Å². The lowest BCUT2D eigenvalue weighted by molar-refractivity contribution is 0.0860. The van der Waals surface area contributed by atoms with Crippen LogP contribution < -0.4 is 0 Å². The van der Waals surface area contributed by atoms with Crippen molar-refractivity contribution in [2.75, 3.05) is 32.2 Å². The van der Waals surface area contributed by atoms with Gasteiger partial charge in [0.15, 0.2) is 0 Å². The van der Waals surface area contributed by atoms with Crippen molar-refractivity contribution in [3.63, 3.8) is 0 Å². The van der Waals surface area contributed by atoms with Crippen LogP contribution in [0.4, 0.5) is 0 Å². The standard InChI is InChI=1S/C12H24ClNO/c1-2-15-11-10-14(9-8-13)12-6-4-3-5-7-12/h12H,2-11H2,1H3. The van der Waals surface area contributed by atoms with Gasteiger partial charge in [0.2, 0.25) is 0 Å². The molecular formula is C12H24ClNO. The molecule has 0 N–H and O–H groups in total. The topological polar surface area (TPSA) is 12.5 Å². The van der Waals surface area contributed by atoms with Gasteiger partial charge in [-0.25, -0.2) is 0 Å². The van der Waals surface area contributed by atoms with E-state index in [1.165, 1.54) is 32.1 Å². The second-order valence-electron chi connectivity index (χ2n) is 4.21. The van der Waals surface area contributed by atoms with Crippen molar-refractivity contribution in [2.45, 2.75) is 45.1 Å². The van der Waals surface area contributed by atoms with Gasteiger partial charge in [0.05, 0.1) is 6.61 Å². The zero-order valence-corrected chi connectivity index (χ0v) is 10.6. The van der Waals surface area contributed by atoms with Crippen LogP contribution in [0.15, 0.2) is 0 Å². The molecule has 15 heavy (non-hydrogen) atoms. The van der Waals surface area contributed by atoms with Crippen molar-refractivity contribution in [1.29, 1.82) is 0 Å². The molecule has 0 aromatic rings. The van der Waals surface area contributed by atoms with Gasteiger partial charge < -0.3 is 4.74 Å². The quantitative estimate of drug-likeness (QED) is 0.495. The highest BCUT2D eigenvalue weighted by atomic mass is 35.5. The molecule has 1 saturated carbocycles. The van der Waals surface area contributed by atoms with Crippen LogP contribution in [0.2, 0.25) is 0 Å². The van der Waals surface area contributed by atoms with Crippen LogP contribution >= 0.6 is 11.6 Å². The molecule has 0 spiro atoms. The summed E-state index contributed by atoms with van der Waals surface area (Å²) in [7, 11) is 0. The Hall–Kier alpha value is 0.210. The molecule has 0 aliphatic heterocycles. The number of halogens is 1. The maximum atomic E-state index is 5.85. The van der Waals surface area contributed by atoms with Gasteiger partial charge >= 0.3 is 0 Å². The van der Waals surface area contributed by atoms with E-state index in [4.69, 9.17) is 16.3 Å². The summed E-state index contributed by atoms with van der Waals surface area (Å²) in [6, 6.07) is 0.762. The van der Waals surface area contributed by atoms with E-state index in [1.54, 1.807) is 0 Å². The van der Waals surface area contributed by atoms with E-state index in [2.05, 4.69) is 4.90 Å². The first-order valence-electron chi connectivity index (χ1n) is 6.26. The number of alkyl halides is 1. The average Bonchev–Trinajstić information content (AvgIpc) is 2.29. The van der Waals surface area contributed by atoms with Gasteiger partial charge in [-0.1, -0.05) is 19.3 Å². The molecule has 0 bridgehead atoms. The van der Waals surface area contributed by atoms with Crippen LogP contribution in [0, 0.1) is 0 Å². The van der Waals surface area contributed by atoms with Crippen LogP contribution in [-0.2, 0) is 4.74 Å². The molecule has 0 atom stereocenters. The predicted octanol–water partition coefficient (Wildman–Crippen LogP) is 2.90. The Morgan fingerprint density at radius 1 is 1.20 bits per heavy atom. The van der Waals surface area contributed by atoms with Crippen molar-refractivity contribution in [2.24, 2.45) is 0 Å². The van der Waals surface area contributed by atoms with Crippen molar-refractivity contribution >= 4 is 11.6 Å². The van der Waals surface area contributed by atoms with E-state index in [1.807, 2.05) is 6.92 Å². The minimum Gasteiger partial charge on any atom is -0.380 e.